The summed E-state index contributed by atoms with van der Waals surface area (Å²) in [6.45, 7) is 5.82. The molecule has 17 nitrogen and oxygen atoms in total. The molecule has 2 fully saturated rings. The largest absolute Gasteiger partial charge is 0.523 e. The predicted molar refractivity (Wildman–Crippen MR) is 156 cm³/mol. The molecule has 4 atom stereocenters. The summed E-state index contributed by atoms with van der Waals surface area (Å²) in [5.74, 6) is -1.04. The Labute approximate surface area is 278 Å². The Kier molecular flexibility index (Phi) is 14.5. The summed E-state index contributed by atoms with van der Waals surface area (Å²) in [5.41, 5.74) is 0.0419. The standard InChI is InChI=1S/C25H39F3N10O7S.Ni/c26-25(27,28)46(42,43)45-19-18(40)24(38-15-36-17-21(29)34-14-35-22(17)38)44-20(19)23(41)33-5-3-1-2-4-16(39)37-12-10-31-8-6-30-7-9-32-11-13-37;/h14-15,18-20,24,30-32,40H,1-13H2,(H,33,41)(H2,29,34,35);/t18-,19+,20+,24-;/m1./s1. The van der Waals surface area contributed by atoms with Gasteiger partial charge in [0.25, 0.3) is 5.91 Å². The number of halogens is 3. The summed E-state index contributed by atoms with van der Waals surface area (Å²) in [5, 5.41) is 23.2. The van der Waals surface area contributed by atoms with Crippen molar-refractivity contribution < 1.29 is 61.7 Å². The summed E-state index contributed by atoms with van der Waals surface area (Å²) >= 11 is 0. The number of carbonyl (C=O) groups is 2. The fraction of sp³-hybridized carbons (Fsp3) is 0.720. The Morgan fingerprint density at radius 2 is 1.68 bits per heavy atom. The molecule has 0 aliphatic carbocycles. The fourth-order valence-corrected chi connectivity index (χ4v) is 5.64. The van der Waals surface area contributed by atoms with Gasteiger partial charge in [0.2, 0.25) is 5.91 Å². The maximum atomic E-state index is 13.1. The summed E-state index contributed by atoms with van der Waals surface area (Å²) in [4.78, 5) is 39.4. The molecule has 2 aliphatic rings. The quantitative estimate of drug-likeness (QED) is 0.0684. The average molecular weight is 739 g/mol. The number of aromatic nitrogens is 4. The summed E-state index contributed by atoms with van der Waals surface area (Å²) in [7, 11) is -6.22. The van der Waals surface area contributed by atoms with Gasteiger partial charge in [0, 0.05) is 81.8 Å². The number of carbonyl (C=O) groups excluding carboxylic acids is 2. The van der Waals surface area contributed by atoms with Crippen molar-refractivity contribution in [3.63, 3.8) is 0 Å². The van der Waals surface area contributed by atoms with Gasteiger partial charge in [-0.15, -0.1) is 0 Å². The molecule has 4 heterocycles. The number of nitrogen functional groups attached to an aromatic ring is 1. The first-order valence-electron chi connectivity index (χ1n) is 14.8. The Balaban J connectivity index is 0.00000600. The number of aliphatic hydroxyl groups is 1. The van der Waals surface area contributed by atoms with Crippen molar-refractivity contribution in [2.75, 3.05) is 64.6 Å². The van der Waals surface area contributed by atoms with Crippen LogP contribution in [-0.2, 0) is 45.1 Å². The molecule has 22 heteroatoms. The first kappa shape index (κ1) is 38.7. The summed E-state index contributed by atoms with van der Waals surface area (Å²) < 4.78 is 74.1. The van der Waals surface area contributed by atoms with Crippen molar-refractivity contribution >= 4 is 38.9 Å². The van der Waals surface area contributed by atoms with Crippen molar-refractivity contribution in [3.05, 3.63) is 12.7 Å². The molecule has 0 bridgehead atoms. The van der Waals surface area contributed by atoms with Crippen molar-refractivity contribution in [1.29, 1.82) is 0 Å². The molecule has 7 N–H and O–H groups in total. The molecule has 0 spiro atoms. The SMILES string of the molecule is Nc1ncnc2c1ncn2[C@@H]1O[C@H](C(=O)NCCCCCC(=O)N2CCNCCNCCNCC2)[C@@H](OS(=O)(=O)C(F)(F)F)[C@H]1O.[Ni]. The Hall–Kier alpha value is -2.72. The van der Waals surface area contributed by atoms with Gasteiger partial charge in [-0.2, -0.15) is 21.6 Å². The number of amides is 2. The van der Waals surface area contributed by atoms with Crippen LogP contribution in [0.15, 0.2) is 12.7 Å². The number of ether oxygens (including phenoxy) is 1. The smallest absolute Gasteiger partial charge is 0.385 e. The van der Waals surface area contributed by atoms with E-state index in [4.69, 9.17) is 10.5 Å². The Morgan fingerprint density at radius 3 is 2.32 bits per heavy atom. The molecule has 4 rings (SSSR count). The molecule has 268 valence electrons. The van der Waals surface area contributed by atoms with Crippen LogP contribution in [0.4, 0.5) is 19.0 Å². The second kappa shape index (κ2) is 17.6. The number of unbranched alkanes of at least 4 members (excludes halogenated alkanes) is 2. The Morgan fingerprint density at radius 1 is 1.04 bits per heavy atom. The Bertz CT molecular complexity index is 1430. The van der Waals surface area contributed by atoms with E-state index in [-0.39, 0.29) is 45.9 Å². The molecule has 0 saturated carbocycles. The van der Waals surface area contributed by atoms with Crippen LogP contribution in [0.5, 0.6) is 0 Å². The van der Waals surface area contributed by atoms with Crippen LogP contribution < -0.4 is 27.0 Å². The van der Waals surface area contributed by atoms with E-state index in [1.54, 1.807) is 4.90 Å². The van der Waals surface area contributed by atoms with Crippen LogP contribution in [0.25, 0.3) is 11.2 Å². The van der Waals surface area contributed by atoms with Gasteiger partial charge in [-0.25, -0.2) is 15.0 Å². The van der Waals surface area contributed by atoms with Crippen molar-refractivity contribution in [3.8, 4) is 0 Å². The van der Waals surface area contributed by atoms with Gasteiger partial charge in [0.1, 0.15) is 24.1 Å². The second-order valence-electron chi connectivity index (χ2n) is 10.7. The minimum absolute atomic E-state index is 0. The monoisotopic (exact) mass is 738 g/mol. The number of fused-ring (bicyclic) bond motifs is 1. The van der Waals surface area contributed by atoms with Gasteiger partial charge in [0.05, 0.1) is 6.33 Å². The van der Waals surface area contributed by atoms with E-state index in [0.717, 1.165) is 43.4 Å². The number of hydrogen-bond acceptors (Lipinski definition) is 14. The molecule has 2 amide bonds. The van der Waals surface area contributed by atoms with Gasteiger partial charge < -0.3 is 41.7 Å². The number of nitrogens with two attached hydrogens (primary N) is 1. The van der Waals surface area contributed by atoms with Crippen LogP contribution in [0.2, 0.25) is 0 Å². The fourth-order valence-electron chi connectivity index (χ4n) is 5.02. The zero-order valence-corrected chi connectivity index (χ0v) is 27.0. The van der Waals surface area contributed by atoms with E-state index in [2.05, 4.69) is 40.4 Å². The van der Waals surface area contributed by atoms with Crippen LogP contribution in [0, 0.1) is 0 Å². The molecule has 0 aromatic carbocycles. The summed E-state index contributed by atoms with van der Waals surface area (Å²) in [6, 6.07) is 0. The molecule has 2 aliphatic heterocycles. The van der Waals surface area contributed by atoms with Crippen LogP contribution >= 0.6 is 0 Å². The van der Waals surface area contributed by atoms with E-state index in [0.29, 0.717) is 51.9 Å². The zero-order valence-electron chi connectivity index (χ0n) is 25.2. The molecular formula is C25H39F3N10NiO7S. The van der Waals surface area contributed by atoms with E-state index in [9.17, 15) is 36.3 Å². The third-order valence-corrected chi connectivity index (χ3v) is 8.49. The molecule has 47 heavy (non-hydrogen) atoms. The normalized spacial score (nSPS) is 23.4. The van der Waals surface area contributed by atoms with Crippen molar-refractivity contribution in [2.45, 2.75) is 55.7 Å². The number of imidazole rings is 1. The third-order valence-electron chi connectivity index (χ3n) is 7.45. The van der Waals surface area contributed by atoms with Gasteiger partial charge in [0.15, 0.2) is 23.8 Å². The minimum atomic E-state index is -6.22. The number of rotatable bonds is 10. The van der Waals surface area contributed by atoms with Gasteiger partial charge in [-0.3, -0.25) is 18.3 Å². The maximum absolute atomic E-state index is 13.1. The number of nitrogens with one attached hydrogen (secondary N) is 4. The van der Waals surface area contributed by atoms with Crippen molar-refractivity contribution in [1.82, 2.24) is 45.7 Å². The topological polar surface area (TPSA) is 228 Å². The third kappa shape index (κ3) is 10.1. The molecule has 2 aromatic rings. The number of alkyl halides is 3. The molecule has 0 unspecified atom stereocenters. The molecule has 2 saturated heterocycles. The van der Waals surface area contributed by atoms with Gasteiger partial charge in [-0.1, -0.05) is 6.42 Å². The number of aliphatic hydroxyl groups excluding tert-OH is 1. The first-order valence-corrected chi connectivity index (χ1v) is 16.3. The van der Waals surface area contributed by atoms with Crippen LogP contribution in [0.1, 0.15) is 31.9 Å². The van der Waals surface area contributed by atoms with Crippen LogP contribution in [-0.4, -0.2) is 132 Å². The van der Waals surface area contributed by atoms with Crippen molar-refractivity contribution in [2.24, 2.45) is 0 Å². The van der Waals surface area contributed by atoms with Gasteiger partial charge in [-0.05, 0) is 12.8 Å². The van der Waals surface area contributed by atoms with Gasteiger partial charge >= 0.3 is 15.6 Å². The van der Waals surface area contributed by atoms with Crippen LogP contribution in [0.3, 0.4) is 0 Å². The average Bonchev–Trinajstić information content (AvgIpc) is 3.56. The zero-order chi connectivity index (χ0) is 33.3. The number of hydrogen-bond donors (Lipinski definition) is 6. The molecule has 0 radical (unpaired) electrons. The van der Waals surface area contributed by atoms with E-state index in [1.807, 2.05) is 0 Å². The predicted octanol–water partition coefficient (Wildman–Crippen LogP) is -1.81. The first-order chi connectivity index (χ1) is 21.9. The van der Waals surface area contributed by atoms with E-state index in [1.165, 1.54) is 0 Å². The number of nitrogens with zero attached hydrogens (tertiary/aromatic N) is 5. The summed E-state index contributed by atoms with van der Waals surface area (Å²) in [6.07, 6.45) is -3.94. The minimum Gasteiger partial charge on any atom is -0.385 e. The van der Waals surface area contributed by atoms with E-state index >= 15 is 0 Å². The molecular weight excluding hydrogens is 700 g/mol. The molecule has 2 aromatic heterocycles. The maximum Gasteiger partial charge on any atom is 0.523 e. The van der Waals surface area contributed by atoms with E-state index < -0.39 is 46.1 Å². The number of anilines is 1. The second-order valence-corrected chi connectivity index (χ2v) is 12.3.